The maximum absolute atomic E-state index is 12.0. The molecular formula is C24H33N5OS. The molecule has 2 saturated heterocycles. The molecule has 1 aromatic carbocycles. The number of carbonyl (C=O) groups excluding carboxylic acids is 1. The first-order chi connectivity index (χ1) is 15.2. The van der Waals surface area contributed by atoms with Gasteiger partial charge in [-0.1, -0.05) is 24.3 Å². The summed E-state index contributed by atoms with van der Waals surface area (Å²) in [5, 5.41) is 10.6. The zero-order valence-corrected chi connectivity index (χ0v) is 19.2. The highest BCUT2D eigenvalue weighted by atomic mass is 32.1. The van der Waals surface area contributed by atoms with Gasteiger partial charge in [-0.25, -0.2) is 4.99 Å². The lowest BCUT2D eigenvalue weighted by Crippen LogP contribution is -2.48. The van der Waals surface area contributed by atoms with Crippen molar-refractivity contribution in [2.75, 3.05) is 31.1 Å². The first kappa shape index (κ1) is 21.7. The maximum atomic E-state index is 12.0. The molecule has 2 aromatic rings. The average molecular weight is 440 g/mol. The Balaban J connectivity index is 1.35. The Bertz CT molecular complexity index is 874. The van der Waals surface area contributed by atoms with Gasteiger partial charge in [0.25, 0.3) is 0 Å². The SMILES string of the molecule is CCNC(=NCc1ccccc1CN1CCCC1=O)NC1CCN(c2cccs2)CC1. The topological polar surface area (TPSA) is 60.0 Å². The molecule has 0 unspecified atom stereocenters. The van der Waals surface area contributed by atoms with Gasteiger partial charge >= 0.3 is 0 Å². The van der Waals surface area contributed by atoms with Crippen LogP contribution in [-0.4, -0.2) is 49.0 Å². The molecule has 2 aliphatic rings. The van der Waals surface area contributed by atoms with Crippen molar-refractivity contribution in [2.24, 2.45) is 4.99 Å². The second kappa shape index (κ2) is 10.7. The van der Waals surface area contributed by atoms with E-state index in [2.05, 4.69) is 58.2 Å². The van der Waals surface area contributed by atoms with Gasteiger partial charge in [-0.05, 0) is 54.8 Å². The first-order valence-electron chi connectivity index (χ1n) is 11.4. The van der Waals surface area contributed by atoms with Crippen molar-refractivity contribution in [1.29, 1.82) is 0 Å². The Morgan fingerprint density at radius 1 is 1.13 bits per heavy atom. The molecule has 2 fully saturated rings. The van der Waals surface area contributed by atoms with Gasteiger partial charge in [0, 0.05) is 45.2 Å². The molecule has 1 aromatic heterocycles. The lowest BCUT2D eigenvalue weighted by atomic mass is 10.1. The monoisotopic (exact) mass is 439 g/mol. The van der Waals surface area contributed by atoms with E-state index in [4.69, 9.17) is 4.99 Å². The van der Waals surface area contributed by atoms with E-state index in [0.717, 1.165) is 51.4 Å². The summed E-state index contributed by atoms with van der Waals surface area (Å²) in [6, 6.07) is 13.1. The molecule has 166 valence electrons. The van der Waals surface area contributed by atoms with Crippen molar-refractivity contribution < 1.29 is 4.79 Å². The van der Waals surface area contributed by atoms with Crippen LogP contribution in [0.15, 0.2) is 46.8 Å². The maximum Gasteiger partial charge on any atom is 0.222 e. The number of piperidine rings is 1. The molecule has 3 heterocycles. The Morgan fingerprint density at radius 2 is 1.94 bits per heavy atom. The normalized spacial score (nSPS) is 18.0. The number of guanidine groups is 1. The highest BCUT2D eigenvalue weighted by molar-refractivity contribution is 7.14. The van der Waals surface area contributed by atoms with Crippen molar-refractivity contribution >= 4 is 28.2 Å². The van der Waals surface area contributed by atoms with Crippen LogP contribution in [0.1, 0.15) is 43.7 Å². The predicted octanol–water partition coefficient (Wildman–Crippen LogP) is 3.59. The van der Waals surface area contributed by atoms with Crippen LogP contribution in [0.2, 0.25) is 0 Å². The quantitative estimate of drug-likeness (QED) is 0.511. The third-order valence-electron chi connectivity index (χ3n) is 6.06. The third kappa shape index (κ3) is 5.79. The van der Waals surface area contributed by atoms with Gasteiger partial charge in [-0.3, -0.25) is 4.79 Å². The number of rotatable bonds is 7. The summed E-state index contributed by atoms with van der Waals surface area (Å²) in [5.74, 6) is 1.14. The summed E-state index contributed by atoms with van der Waals surface area (Å²) in [6.45, 7) is 7.25. The number of likely N-dealkylation sites (tertiary alicyclic amines) is 1. The van der Waals surface area contributed by atoms with Gasteiger partial charge in [0.15, 0.2) is 5.96 Å². The fraction of sp³-hybridized carbons (Fsp3) is 0.500. The third-order valence-corrected chi connectivity index (χ3v) is 6.99. The van der Waals surface area contributed by atoms with E-state index in [1.807, 2.05) is 22.3 Å². The lowest BCUT2D eigenvalue weighted by molar-refractivity contribution is -0.128. The van der Waals surface area contributed by atoms with Crippen LogP contribution in [0.25, 0.3) is 0 Å². The van der Waals surface area contributed by atoms with Crippen molar-refractivity contribution in [3.8, 4) is 0 Å². The molecule has 2 aliphatic heterocycles. The Kier molecular flexibility index (Phi) is 7.46. The number of amides is 1. The van der Waals surface area contributed by atoms with Crippen LogP contribution in [0.5, 0.6) is 0 Å². The molecule has 0 aliphatic carbocycles. The Morgan fingerprint density at radius 3 is 2.61 bits per heavy atom. The van der Waals surface area contributed by atoms with E-state index in [9.17, 15) is 4.79 Å². The molecule has 1 amide bonds. The highest BCUT2D eigenvalue weighted by Crippen LogP contribution is 2.25. The second-order valence-electron chi connectivity index (χ2n) is 8.24. The minimum Gasteiger partial charge on any atom is -0.363 e. The summed E-state index contributed by atoms with van der Waals surface area (Å²) >= 11 is 1.82. The van der Waals surface area contributed by atoms with E-state index >= 15 is 0 Å². The average Bonchev–Trinajstić information content (AvgIpc) is 3.46. The summed E-state index contributed by atoms with van der Waals surface area (Å²) < 4.78 is 0. The van der Waals surface area contributed by atoms with Gasteiger partial charge in [0.05, 0.1) is 11.5 Å². The number of thiophene rings is 1. The zero-order valence-electron chi connectivity index (χ0n) is 18.3. The van der Waals surface area contributed by atoms with Crippen LogP contribution in [0.4, 0.5) is 5.00 Å². The van der Waals surface area contributed by atoms with Crippen molar-refractivity contribution in [1.82, 2.24) is 15.5 Å². The van der Waals surface area contributed by atoms with Crippen LogP contribution >= 0.6 is 11.3 Å². The molecule has 0 bridgehead atoms. The van der Waals surface area contributed by atoms with Crippen LogP contribution in [0, 0.1) is 0 Å². The molecule has 4 rings (SSSR count). The second-order valence-corrected chi connectivity index (χ2v) is 9.17. The van der Waals surface area contributed by atoms with Gasteiger partial charge < -0.3 is 20.4 Å². The van der Waals surface area contributed by atoms with E-state index in [1.54, 1.807) is 0 Å². The van der Waals surface area contributed by atoms with Crippen LogP contribution in [-0.2, 0) is 17.9 Å². The number of nitrogens with zero attached hydrogens (tertiary/aromatic N) is 3. The van der Waals surface area contributed by atoms with Gasteiger partial charge in [-0.15, -0.1) is 11.3 Å². The summed E-state index contributed by atoms with van der Waals surface area (Å²) in [7, 11) is 0. The lowest BCUT2D eigenvalue weighted by Gasteiger charge is -2.33. The minimum absolute atomic E-state index is 0.266. The van der Waals surface area contributed by atoms with E-state index in [1.165, 1.54) is 16.1 Å². The smallest absolute Gasteiger partial charge is 0.222 e. The summed E-state index contributed by atoms with van der Waals surface area (Å²) in [6.07, 6.45) is 3.87. The number of benzene rings is 1. The molecule has 7 heteroatoms. The fourth-order valence-corrected chi connectivity index (χ4v) is 5.10. The van der Waals surface area contributed by atoms with E-state index in [0.29, 0.717) is 25.6 Å². The van der Waals surface area contributed by atoms with Crippen LogP contribution < -0.4 is 15.5 Å². The molecule has 2 N–H and O–H groups in total. The molecule has 6 nitrogen and oxygen atoms in total. The molecule has 0 atom stereocenters. The first-order valence-corrected chi connectivity index (χ1v) is 12.3. The fourth-order valence-electron chi connectivity index (χ4n) is 4.31. The van der Waals surface area contributed by atoms with Crippen molar-refractivity contribution in [3.63, 3.8) is 0 Å². The Hall–Kier alpha value is -2.54. The zero-order chi connectivity index (χ0) is 21.5. The molecular weight excluding hydrogens is 406 g/mol. The predicted molar refractivity (Wildman–Crippen MR) is 129 cm³/mol. The van der Waals surface area contributed by atoms with Crippen LogP contribution in [0.3, 0.4) is 0 Å². The number of nitrogens with one attached hydrogen (secondary N) is 2. The van der Waals surface area contributed by atoms with Gasteiger partial charge in [0.1, 0.15) is 0 Å². The number of aliphatic imine (C=N–C) groups is 1. The highest BCUT2D eigenvalue weighted by Gasteiger charge is 2.22. The number of carbonyl (C=O) groups is 1. The largest absolute Gasteiger partial charge is 0.363 e. The number of hydrogen-bond donors (Lipinski definition) is 2. The van der Waals surface area contributed by atoms with Gasteiger partial charge in [0.2, 0.25) is 5.91 Å². The summed E-state index contributed by atoms with van der Waals surface area (Å²) in [4.78, 5) is 21.4. The van der Waals surface area contributed by atoms with Crippen molar-refractivity contribution in [2.45, 2.75) is 51.7 Å². The number of hydrogen-bond acceptors (Lipinski definition) is 4. The standard InChI is InChI=1S/C24H33N5OS/c1-2-25-24(27-21-11-14-28(15-12-21)23-10-6-16-31-23)26-17-19-7-3-4-8-20(19)18-29-13-5-9-22(29)30/h3-4,6-8,10,16,21H,2,5,9,11-15,17-18H2,1H3,(H2,25,26,27). The van der Waals surface area contributed by atoms with E-state index < -0.39 is 0 Å². The Labute approximate surface area is 189 Å². The molecule has 31 heavy (non-hydrogen) atoms. The molecule has 0 spiro atoms. The minimum atomic E-state index is 0.266. The molecule has 0 radical (unpaired) electrons. The molecule has 0 saturated carbocycles. The van der Waals surface area contributed by atoms with Crippen molar-refractivity contribution in [3.05, 3.63) is 52.9 Å². The number of anilines is 1. The van der Waals surface area contributed by atoms with Gasteiger partial charge in [-0.2, -0.15) is 0 Å². The van der Waals surface area contributed by atoms with E-state index in [-0.39, 0.29) is 5.91 Å². The summed E-state index contributed by atoms with van der Waals surface area (Å²) in [5.41, 5.74) is 2.38.